The molecule has 0 aromatic rings. The molecule has 5 heteroatoms. The minimum absolute atomic E-state index is 0.384. The van der Waals surface area contributed by atoms with Crippen molar-refractivity contribution in [1.82, 2.24) is 0 Å². The molecule has 0 aromatic heterocycles. The van der Waals surface area contributed by atoms with Crippen LogP contribution in [0.25, 0.3) is 0 Å². The lowest BCUT2D eigenvalue weighted by molar-refractivity contribution is -0.128. The zero-order valence-electron chi connectivity index (χ0n) is 5.52. The number of carbonyl (C=O) groups is 1. The van der Waals surface area contributed by atoms with E-state index in [1.165, 1.54) is 6.34 Å². The van der Waals surface area contributed by atoms with Crippen molar-refractivity contribution in [2.45, 2.75) is 12.8 Å². The SMILES string of the molecule is CCOC1(C=O)N=CN=N1. The number of aldehydes is 1. The third-order valence-corrected chi connectivity index (χ3v) is 1.01. The number of ether oxygens (including phenoxy) is 1. The first kappa shape index (κ1) is 7.01. The molecule has 0 bridgehead atoms. The van der Waals surface area contributed by atoms with Gasteiger partial charge in [0.25, 0.3) is 0 Å². The highest BCUT2D eigenvalue weighted by Crippen LogP contribution is 2.15. The van der Waals surface area contributed by atoms with E-state index in [-0.39, 0.29) is 0 Å². The van der Waals surface area contributed by atoms with E-state index in [2.05, 4.69) is 15.2 Å². The Kier molecular flexibility index (Phi) is 1.86. The van der Waals surface area contributed by atoms with E-state index in [0.29, 0.717) is 12.9 Å². The fraction of sp³-hybridized carbons (Fsp3) is 0.600. The molecule has 0 saturated heterocycles. The first-order valence-electron chi connectivity index (χ1n) is 2.89. The Morgan fingerprint density at radius 1 is 1.80 bits per heavy atom. The predicted molar refractivity (Wildman–Crippen MR) is 33.8 cm³/mol. The lowest BCUT2D eigenvalue weighted by Crippen LogP contribution is -2.27. The van der Waals surface area contributed by atoms with Crippen LogP contribution in [0.15, 0.2) is 15.2 Å². The topological polar surface area (TPSA) is 63.4 Å². The van der Waals surface area contributed by atoms with Gasteiger partial charge in [-0.15, -0.1) is 10.2 Å². The van der Waals surface area contributed by atoms with E-state index in [1.807, 2.05) is 0 Å². The molecular formula is C5H7N3O2. The highest BCUT2D eigenvalue weighted by molar-refractivity contribution is 5.69. The van der Waals surface area contributed by atoms with Crippen molar-refractivity contribution in [1.29, 1.82) is 0 Å². The molecule has 1 aliphatic heterocycles. The number of carbonyl (C=O) groups excluding carboxylic acids is 1. The third-order valence-electron chi connectivity index (χ3n) is 1.01. The van der Waals surface area contributed by atoms with Crippen molar-refractivity contribution >= 4 is 12.6 Å². The largest absolute Gasteiger partial charge is 0.335 e. The van der Waals surface area contributed by atoms with Gasteiger partial charge in [0, 0.05) is 6.61 Å². The van der Waals surface area contributed by atoms with Gasteiger partial charge in [0.1, 0.15) is 6.34 Å². The molecule has 0 amide bonds. The Balaban J connectivity index is 2.69. The molecule has 1 unspecified atom stereocenters. The zero-order chi connectivity index (χ0) is 7.45. The van der Waals surface area contributed by atoms with Gasteiger partial charge in [0.2, 0.25) is 0 Å². The molecule has 0 aliphatic carbocycles. The van der Waals surface area contributed by atoms with E-state index in [9.17, 15) is 4.79 Å². The lowest BCUT2D eigenvalue weighted by Gasteiger charge is -2.11. The highest BCUT2D eigenvalue weighted by Gasteiger charge is 2.31. The molecule has 1 atom stereocenters. The number of rotatable bonds is 3. The van der Waals surface area contributed by atoms with Gasteiger partial charge in [-0.2, -0.15) is 0 Å². The van der Waals surface area contributed by atoms with Gasteiger partial charge in [0.05, 0.1) is 0 Å². The Bertz CT molecular complexity index is 175. The van der Waals surface area contributed by atoms with Crippen molar-refractivity contribution in [3.63, 3.8) is 0 Å². The molecule has 0 N–H and O–H groups in total. The van der Waals surface area contributed by atoms with Crippen molar-refractivity contribution in [3.05, 3.63) is 0 Å². The van der Waals surface area contributed by atoms with Crippen LogP contribution in [0.1, 0.15) is 6.92 Å². The van der Waals surface area contributed by atoms with Crippen LogP contribution in [0.4, 0.5) is 0 Å². The Morgan fingerprint density at radius 2 is 2.60 bits per heavy atom. The fourth-order valence-corrected chi connectivity index (χ4v) is 0.609. The summed E-state index contributed by atoms with van der Waals surface area (Å²) in [5.41, 5.74) is 0. The van der Waals surface area contributed by atoms with Crippen molar-refractivity contribution in [2.24, 2.45) is 15.2 Å². The van der Waals surface area contributed by atoms with Gasteiger partial charge in [-0.25, -0.2) is 4.99 Å². The van der Waals surface area contributed by atoms with Gasteiger partial charge in [-0.1, -0.05) is 0 Å². The van der Waals surface area contributed by atoms with Gasteiger partial charge in [-0.3, -0.25) is 4.79 Å². The van der Waals surface area contributed by atoms with E-state index >= 15 is 0 Å². The first-order valence-corrected chi connectivity index (χ1v) is 2.89. The molecule has 0 radical (unpaired) electrons. The second-order valence-corrected chi connectivity index (χ2v) is 1.67. The van der Waals surface area contributed by atoms with Crippen LogP contribution in [0.2, 0.25) is 0 Å². The van der Waals surface area contributed by atoms with Gasteiger partial charge in [-0.05, 0) is 6.92 Å². The van der Waals surface area contributed by atoms with Crippen LogP contribution in [0, 0.1) is 0 Å². The second kappa shape index (κ2) is 2.66. The Hall–Kier alpha value is -1.10. The van der Waals surface area contributed by atoms with Crippen molar-refractivity contribution in [2.75, 3.05) is 6.61 Å². The van der Waals surface area contributed by atoms with Crippen LogP contribution in [-0.4, -0.2) is 25.1 Å². The van der Waals surface area contributed by atoms with E-state index in [4.69, 9.17) is 4.74 Å². The molecule has 1 aliphatic rings. The standard InChI is InChI=1S/C5H7N3O2/c1-2-10-5(3-9)6-4-7-8-5/h3-4H,2H2,1H3. The van der Waals surface area contributed by atoms with Gasteiger partial charge in [0.15, 0.2) is 6.29 Å². The maximum absolute atomic E-state index is 10.3. The Labute approximate surface area is 57.8 Å². The molecule has 10 heavy (non-hydrogen) atoms. The van der Waals surface area contributed by atoms with Gasteiger partial charge < -0.3 is 4.74 Å². The minimum atomic E-state index is -1.37. The summed E-state index contributed by atoms with van der Waals surface area (Å²) in [6, 6.07) is 0. The number of hydrogen-bond acceptors (Lipinski definition) is 5. The van der Waals surface area contributed by atoms with Crippen LogP contribution in [-0.2, 0) is 9.53 Å². The third kappa shape index (κ3) is 1.08. The van der Waals surface area contributed by atoms with Crippen LogP contribution >= 0.6 is 0 Å². The van der Waals surface area contributed by atoms with E-state index < -0.39 is 5.85 Å². The maximum Gasteiger partial charge on any atom is 0.335 e. The van der Waals surface area contributed by atoms with E-state index in [1.54, 1.807) is 6.92 Å². The summed E-state index contributed by atoms with van der Waals surface area (Å²) in [7, 11) is 0. The molecule has 5 nitrogen and oxygen atoms in total. The van der Waals surface area contributed by atoms with E-state index in [0.717, 1.165) is 0 Å². The highest BCUT2D eigenvalue weighted by atomic mass is 16.5. The molecule has 54 valence electrons. The molecule has 0 saturated carbocycles. The predicted octanol–water partition coefficient (Wildman–Crippen LogP) is 0.370. The monoisotopic (exact) mass is 141 g/mol. The number of aliphatic imine (C=N–C) groups is 1. The minimum Gasteiger partial charge on any atom is -0.329 e. The maximum atomic E-state index is 10.3. The molecule has 0 fully saturated rings. The average Bonchev–Trinajstić information content (AvgIpc) is 2.39. The quantitative estimate of drug-likeness (QED) is 0.533. The normalized spacial score (nSPS) is 29.3. The smallest absolute Gasteiger partial charge is 0.329 e. The molecule has 0 aromatic carbocycles. The second-order valence-electron chi connectivity index (χ2n) is 1.67. The van der Waals surface area contributed by atoms with Crippen LogP contribution in [0.5, 0.6) is 0 Å². The van der Waals surface area contributed by atoms with Crippen LogP contribution < -0.4 is 0 Å². The zero-order valence-corrected chi connectivity index (χ0v) is 5.52. The van der Waals surface area contributed by atoms with Crippen LogP contribution in [0.3, 0.4) is 0 Å². The number of azo groups is 1. The molecule has 1 rings (SSSR count). The average molecular weight is 141 g/mol. The number of hydrogen-bond donors (Lipinski definition) is 0. The summed E-state index contributed by atoms with van der Waals surface area (Å²) < 4.78 is 4.91. The summed E-state index contributed by atoms with van der Waals surface area (Å²) >= 11 is 0. The molecular weight excluding hydrogens is 134 g/mol. The Morgan fingerprint density at radius 3 is 3.00 bits per heavy atom. The van der Waals surface area contributed by atoms with Crippen molar-refractivity contribution < 1.29 is 9.53 Å². The lowest BCUT2D eigenvalue weighted by atomic mass is 10.5. The molecule has 0 spiro atoms. The summed E-state index contributed by atoms with van der Waals surface area (Å²) in [5, 5.41) is 6.89. The number of nitrogens with zero attached hydrogens (tertiary/aromatic N) is 3. The summed E-state index contributed by atoms with van der Waals surface area (Å²) in [6.45, 7) is 2.14. The molecule has 1 heterocycles. The summed E-state index contributed by atoms with van der Waals surface area (Å²) in [4.78, 5) is 14.0. The fourth-order valence-electron chi connectivity index (χ4n) is 0.609. The van der Waals surface area contributed by atoms with Crippen molar-refractivity contribution in [3.8, 4) is 0 Å². The summed E-state index contributed by atoms with van der Waals surface area (Å²) in [6.07, 6.45) is 1.72. The first-order chi connectivity index (χ1) is 4.83. The summed E-state index contributed by atoms with van der Waals surface area (Å²) in [5.74, 6) is -1.37. The van der Waals surface area contributed by atoms with Gasteiger partial charge >= 0.3 is 5.85 Å².